The van der Waals surface area contributed by atoms with Crippen molar-refractivity contribution in [2.45, 2.75) is 84.3 Å². The highest BCUT2D eigenvalue weighted by Crippen LogP contribution is 2.45. The molecule has 27 heavy (non-hydrogen) atoms. The zero-order valence-corrected chi connectivity index (χ0v) is 19.8. The van der Waals surface area contributed by atoms with Crippen LogP contribution in [-0.2, 0) is 0 Å². The van der Waals surface area contributed by atoms with Crippen LogP contribution in [0.15, 0.2) is 12.1 Å². The summed E-state index contributed by atoms with van der Waals surface area (Å²) in [6, 6.07) is 5.35. The topological polar surface area (TPSA) is 12.5 Å². The van der Waals surface area contributed by atoms with Crippen LogP contribution < -0.4 is 10.0 Å². The average molecular weight is 392 g/mol. The van der Waals surface area contributed by atoms with Gasteiger partial charge in [0, 0.05) is 6.04 Å². The summed E-state index contributed by atoms with van der Waals surface area (Å²) in [4.78, 5) is 2.39. The summed E-state index contributed by atoms with van der Waals surface area (Å²) >= 11 is 0. The molecule has 0 radical (unpaired) electrons. The van der Waals surface area contributed by atoms with Crippen LogP contribution in [0.5, 0.6) is 5.75 Å². The number of rotatable bonds is 5. The SMILES string of the molecule is C1CCCC1.COc1c(C)cc(PC2C(C)CCC2[C@@H](C)N(C)C)cc1C. The van der Waals surface area contributed by atoms with Gasteiger partial charge in [0.15, 0.2) is 0 Å². The summed E-state index contributed by atoms with van der Waals surface area (Å²) in [5, 5.41) is 1.51. The smallest absolute Gasteiger partial charge is 0.124 e. The highest BCUT2D eigenvalue weighted by Gasteiger charge is 2.37. The molecule has 2 saturated carbocycles. The van der Waals surface area contributed by atoms with Crippen LogP contribution in [0.25, 0.3) is 0 Å². The molecule has 2 aliphatic carbocycles. The molecule has 0 aliphatic heterocycles. The van der Waals surface area contributed by atoms with Crippen molar-refractivity contribution in [3.05, 3.63) is 23.3 Å². The number of nitrogens with zero attached hydrogens (tertiary/aromatic N) is 1. The van der Waals surface area contributed by atoms with Gasteiger partial charge in [0.05, 0.1) is 7.11 Å². The lowest BCUT2D eigenvalue weighted by Gasteiger charge is -2.32. The summed E-state index contributed by atoms with van der Waals surface area (Å²) < 4.78 is 5.51. The Morgan fingerprint density at radius 2 is 1.52 bits per heavy atom. The maximum absolute atomic E-state index is 5.51. The lowest BCUT2D eigenvalue weighted by molar-refractivity contribution is 0.230. The van der Waals surface area contributed by atoms with Crippen LogP contribution in [-0.4, -0.2) is 37.8 Å². The van der Waals surface area contributed by atoms with Crippen molar-refractivity contribution in [2.24, 2.45) is 11.8 Å². The molecule has 0 N–H and O–H groups in total. The summed E-state index contributed by atoms with van der Waals surface area (Å²) in [5.74, 6) is 2.71. The fourth-order valence-corrected chi connectivity index (χ4v) is 6.94. The first kappa shape index (κ1) is 22.7. The molecular weight excluding hydrogens is 349 g/mol. The van der Waals surface area contributed by atoms with Gasteiger partial charge in [-0.05, 0) is 93.8 Å². The molecule has 3 rings (SSSR count). The van der Waals surface area contributed by atoms with Gasteiger partial charge in [0.1, 0.15) is 5.75 Å². The molecule has 0 saturated heterocycles. The number of benzene rings is 1. The fourth-order valence-electron chi connectivity index (χ4n) is 4.84. The summed E-state index contributed by atoms with van der Waals surface area (Å²) in [7, 11) is 7.12. The van der Waals surface area contributed by atoms with Crippen molar-refractivity contribution in [1.29, 1.82) is 0 Å². The highest BCUT2D eigenvalue weighted by atomic mass is 31.1. The van der Waals surface area contributed by atoms with Gasteiger partial charge in [-0.2, -0.15) is 0 Å². The molecule has 0 aromatic heterocycles. The number of aryl methyl sites for hydroxylation is 2. The van der Waals surface area contributed by atoms with E-state index in [2.05, 4.69) is 58.8 Å². The zero-order valence-electron chi connectivity index (χ0n) is 18.8. The maximum Gasteiger partial charge on any atom is 0.124 e. The Kier molecular flexibility index (Phi) is 9.09. The van der Waals surface area contributed by atoms with E-state index in [1.54, 1.807) is 7.11 Å². The minimum Gasteiger partial charge on any atom is -0.496 e. The van der Waals surface area contributed by atoms with Crippen molar-refractivity contribution >= 4 is 13.9 Å². The molecule has 0 heterocycles. The van der Waals surface area contributed by atoms with E-state index in [1.807, 2.05) is 0 Å². The molecule has 1 aromatic rings. The van der Waals surface area contributed by atoms with E-state index in [1.165, 1.54) is 61.4 Å². The molecule has 3 heteroatoms. The van der Waals surface area contributed by atoms with Crippen LogP contribution in [0.3, 0.4) is 0 Å². The second kappa shape index (κ2) is 10.8. The summed E-state index contributed by atoms with van der Waals surface area (Å²) in [6.45, 7) is 9.17. The molecule has 0 amide bonds. The quantitative estimate of drug-likeness (QED) is 0.577. The minimum absolute atomic E-state index is 0.669. The summed E-state index contributed by atoms with van der Waals surface area (Å²) in [6.07, 6.45) is 10.3. The molecule has 0 bridgehead atoms. The maximum atomic E-state index is 5.51. The van der Waals surface area contributed by atoms with Gasteiger partial charge in [0.2, 0.25) is 0 Å². The Balaban J connectivity index is 0.000000451. The van der Waals surface area contributed by atoms with E-state index < -0.39 is 0 Å². The first-order valence-corrected chi connectivity index (χ1v) is 12.0. The Bertz CT molecular complexity index is 551. The number of hydrogen-bond donors (Lipinski definition) is 0. The van der Waals surface area contributed by atoms with Crippen molar-refractivity contribution in [3.8, 4) is 5.75 Å². The fraction of sp³-hybridized carbons (Fsp3) is 0.750. The van der Waals surface area contributed by atoms with Gasteiger partial charge in [-0.3, -0.25) is 0 Å². The van der Waals surface area contributed by atoms with Gasteiger partial charge < -0.3 is 9.64 Å². The van der Waals surface area contributed by atoms with Gasteiger partial charge in [0.25, 0.3) is 0 Å². The highest BCUT2D eigenvalue weighted by molar-refractivity contribution is 7.48. The lowest BCUT2D eigenvalue weighted by Crippen LogP contribution is -2.36. The van der Waals surface area contributed by atoms with E-state index >= 15 is 0 Å². The lowest BCUT2D eigenvalue weighted by atomic mass is 9.97. The van der Waals surface area contributed by atoms with Crippen LogP contribution in [0.4, 0.5) is 0 Å². The van der Waals surface area contributed by atoms with E-state index in [0.29, 0.717) is 6.04 Å². The third kappa shape index (κ3) is 6.20. The predicted molar refractivity (Wildman–Crippen MR) is 122 cm³/mol. The van der Waals surface area contributed by atoms with E-state index in [9.17, 15) is 0 Å². The molecule has 2 aliphatic rings. The molecule has 1 aromatic carbocycles. The van der Waals surface area contributed by atoms with Crippen molar-refractivity contribution in [3.63, 3.8) is 0 Å². The van der Waals surface area contributed by atoms with E-state index in [4.69, 9.17) is 4.74 Å². The number of methoxy groups -OCH3 is 1. The Hall–Kier alpha value is -0.590. The Labute approximate surface area is 170 Å². The third-order valence-corrected chi connectivity index (χ3v) is 8.66. The molecule has 4 unspecified atom stereocenters. The second-order valence-corrected chi connectivity index (χ2v) is 10.5. The van der Waals surface area contributed by atoms with Gasteiger partial charge in [-0.25, -0.2) is 0 Å². The number of hydrogen-bond acceptors (Lipinski definition) is 2. The van der Waals surface area contributed by atoms with Crippen LogP contribution in [0.1, 0.15) is 69.9 Å². The van der Waals surface area contributed by atoms with E-state index in [-0.39, 0.29) is 0 Å². The third-order valence-electron chi connectivity index (χ3n) is 6.71. The minimum atomic E-state index is 0.669. The van der Waals surface area contributed by atoms with Crippen molar-refractivity contribution < 1.29 is 4.74 Å². The number of ether oxygens (including phenoxy) is 1. The second-order valence-electron chi connectivity index (χ2n) is 9.00. The zero-order chi connectivity index (χ0) is 20.0. The molecular formula is C24H42NOP. The normalized spacial score (nSPS) is 26.4. The molecule has 154 valence electrons. The first-order valence-electron chi connectivity index (χ1n) is 10.9. The van der Waals surface area contributed by atoms with Gasteiger partial charge >= 0.3 is 0 Å². The monoisotopic (exact) mass is 391 g/mol. The van der Waals surface area contributed by atoms with Gasteiger partial charge in [-0.1, -0.05) is 47.6 Å². The van der Waals surface area contributed by atoms with Gasteiger partial charge in [-0.15, -0.1) is 0 Å². The predicted octanol–water partition coefficient (Wildman–Crippen LogP) is 5.93. The van der Waals surface area contributed by atoms with Crippen molar-refractivity contribution in [1.82, 2.24) is 4.90 Å². The Morgan fingerprint density at radius 1 is 1.00 bits per heavy atom. The largest absolute Gasteiger partial charge is 0.496 e. The van der Waals surface area contributed by atoms with Crippen molar-refractivity contribution in [2.75, 3.05) is 21.2 Å². The van der Waals surface area contributed by atoms with Crippen LogP contribution in [0, 0.1) is 25.7 Å². The Morgan fingerprint density at radius 3 is 1.96 bits per heavy atom. The van der Waals surface area contributed by atoms with E-state index in [0.717, 1.165) is 31.8 Å². The first-order chi connectivity index (χ1) is 12.8. The summed E-state index contributed by atoms with van der Waals surface area (Å²) in [5.41, 5.74) is 3.37. The standard InChI is InChI=1S/C19H32NOP.C5H10/c1-12-8-9-17(15(4)20(5)6)19(12)22-16-10-13(2)18(21-7)14(3)11-16;1-2-4-5-3-1/h10-12,15,17,19,22H,8-9H2,1-7H3;1-5H2/t12?,15-,17?,19?;/m1./s1. The van der Waals surface area contributed by atoms with Crippen LogP contribution in [0.2, 0.25) is 0 Å². The average Bonchev–Trinajstić information content (AvgIpc) is 3.29. The molecule has 5 atom stereocenters. The molecule has 2 nitrogen and oxygen atoms in total. The molecule has 2 fully saturated rings. The molecule has 0 spiro atoms. The van der Waals surface area contributed by atoms with Crippen LogP contribution >= 0.6 is 8.58 Å².